The molecule has 6 heteroatoms. The third-order valence-electron chi connectivity index (χ3n) is 2.67. The summed E-state index contributed by atoms with van der Waals surface area (Å²) in [5.74, 6) is -2.57. The Kier molecular flexibility index (Phi) is 4.61. The number of carbonyl (C=O) groups excluding carboxylic acids is 1. The van der Waals surface area contributed by atoms with Crippen LogP contribution in [0.3, 0.4) is 0 Å². The van der Waals surface area contributed by atoms with Gasteiger partial charge in [0.25, 0.3) is 0 Å². The molecule has 1 aromatic rings. The zero-order valence-electron chi connectivity index (χ0n) is 11.1. The van der Waals surface area contributed by atoms with E-state index in [0.29, 0.717) is 6.54 Å². The summed E-state index contributed by atoms with van der Waals surface area (Å²) >= 11 is 0. The molecule has 0 aliphatic heterocycles. The number of amides is 1. The third kappa shape index (κ3) is 3.51. The molecule has 0 fully saturated rings. The van der Waals surface area contributed by atoms with Gasteiger partial charge in [-0.25, -0.2) is 9.18 Å². The highest BCUT2D eigenvalue weighted by atomic mass is 19.1. The molecule has 0 heterocycles. The average Bonchev–Trinajstić information content (AvgIpc) is 2.31. The summed E-state index contributed by atoms with van der Waals surface area (Å²) in [7, 11) is 0. The van der Waals surface area contributed by atoms with Crippen molar-refractivity contribution in [1.82, 2.24) is 5.32 Å². The highest BCUT2D eigenvalue weighted by molar-refractivity contribution is 6.03. The van der Waals surface area contributed by atoms with Crippen LogP contribution in [0.15, 0.2) is 18.2 Å². The van der Waals surface area contributed by atoms with E-state index in [0.717, 1.165) is 6.07 Å². The zero-order chi connectivity index (χ0) is 14.6. The molecular weight excluding hydrogens is 251 g/mol. The van der Waals surface area contributed by atoms with Crippen LogP contribution in [-0.2, 0) is 4.79 Å². The van der Waals surface area contributed by atoms with Crippen molar-refractivity contribution in [1.29, 1.82) is 0 Å². The maximum Gasteiger partial charge on any atom is 0.337 e. The summed E-state index contributed by atoms with van der Waals surface area (Å²) in [5.41, 5.74) is -1.51. The van der Waals surface area contributed by atoms with Crippen molar-refractivity contribution in [2.24, 2.45) is 0 Å². The number of anilines is 1. The van der Waals surface area contributed by atoms with E-state index in [1.165, 1.54) is 12.1 Å². The molecule has 0 saturated carbocycles. The van der Waals surface area contributed by atoms with Crippen molar-refractivity contribution < 1.29 is 19.1 Å². The van der Waals surface area contributed by atoms with Gasteiger partial charge in [-0.05, 0) is 32.5 Å². The van der Waals surface area contributed by atoms with Crippen LogP contribution in [0.5, 0.6) is 0 Å². The van der Waals surface area contributed by atoms with Crippen LogP contribution in [0.25, 0.3) is 0 Å². The third-order valence-corrected chi connectivity index (χ3v) is 2.67. The van der Waals surface area contributed by atoms with Crippen LogP contribution in [0, 0.1) is 5.82 Å². The van der Waals surface area contributed by atoms with E-state index in [1.54, 1.807) is 13.8 Å². The fourth-order valence-corrected chi connectivity index (χ4v) is 1.62. The standard InChI is InChI=1S/C13H17FN2O3/c1-4-15-13(2,3)12(19)16-10-8(11(17)18)6-5-7-9(10)14/h5-7,15H,4H2,1-3H3,(H,16,19)(H,17,18). The number of benzene rings is 1. The Bertz CT molecular complexity index is 501. The molecule has 19 heavy (non-hydrogen) atoms. The second-order valence-electron chi connectivity index (χ2n) is 4.58. The summed E-state index contributed by atoms with van der Waals surface area (Å²) in [6.07, 6.45) is 0. The molecule has 104 valence electrons. The first-order chi connectivity index (χ1) is 8.79. The number of likely N-dealkylation sites (N-methyl/N-ethyl adjacent to an activating group) is 1. The lowest BCUT2D eigenvalue weighted by molar-refractivity contribution is -0.121. The molecule has 1 amide bonds. The van der Waals surface area contributed by atoms with Gasteiger partial charge < -0.3 is 15.7 Å². The van der Waals surface area contributed by atoms with E-state index in [9.17, 15) is 14.0 Å². The summed E-state index contributed by atoms with van der Waals surface area (Å²) in [6.45, 7) is 5.66. The van der Waals surface area contributed by atoms with Gasteiger partial charge in [0.05, 0.1) is 16.8 Å². The number of hydrogen-bond acceptors (Lipinski definition) is 3. The maximum absolute atomic E-state index is 13.6. The SMILES string of the molecule is CCNC(C)(C)C(=O)Nc1c(F)cccc1C(=O)O. The first kappa shape index (κ1) is 15.1. The first-order valence-electron chi connectivity index (χ1n) is 5.88. The number of para-hydroxylation sites is 1. The monoisotopic (exact) mass is 268 g/mol. The highest BCUT2D eigenvalue weighted by Gasteiger charge is 2.28. The molecule has 0 unspecified atom stereocenters. The molecule has 1 rings (SSSR count). The highest BCUT2D eigenvalue weighted by Crippen LogP contribution is 2.21. The van der Waals surface area contributed by atoms with E-state index < -0.39 is 23.2 Å². The van der Waals surface area contributed by atoms with Crippen LogP contribution >= 0.6 is 0 Å². The van der Waals surface area contributed by atoms with E-state index in [-0.39, 0.29) is 11.3 Å². The number of carboxylic acid groups (broad SMARTS) is 1. The van der Waals surface area contributed by atoms with Crippen LogP contribution < -0.4 is 10.6 Å². The van der Waals surface area contributed by atoms with Crippen LogP contribution in [-0.4, -0.2) is 29.1 Å². The molecule has 0 spiro atoms. The average molecular weight is 268 g/mol. The van der Waals surface area contributed by atoms with Crippen molar-refractivity contribution >= 4 is 17.6 Å². The fraction of sp³-hybridized carbons (Fsp3) is 0.385. The second-order valence-corrected chi connectivity index (χ2v) is 4.58. The van der Waals surface area contributed by atoms with Crippen molar-refractivity contribution in [2.45, 2.75) is 26.3 Å². The number of hydrogen-bond donors (Lipinski definition) is 3. The van der Waals surface area contributed by atoms with E-state index >= 15 is 0 Å². The van der Waals surface area contributed by atoms with Gasteiger partial charge in [0.15, 0.2) is 0 Å². The molecular formula is C13H17FN2O3. The zero-order valence-corrected chi connectivity index (χ0v) is 11.1. The van der Waals surface area contributed by atoms with E-state index in [1.807, 2.05) is 6.92 Å². The van der Waals surface area contributed by atoms with Crippen LogP contribution in [0.4, 0.5) is 10.1 Å². The van der Waals surface area contributed by atoms with E-state index in [2.05, 4.69) is 10.6 Å². The number of aromatic carboxylic acids is 1. The lowest BCUT2D eigenvalue weighted by atomic mass is 10.0. The van der Waals surface area contributed by atoms with Crippen molar-refractivity contribution in [3.63, 3.8) is 0 Å². The van der Waals surface area contributed by atoms with Gasteiger partial charge in [0, 0.05) is 0 Å². The van der Waals surface area contributed by atoms with Gasteiger partial charge in [0.1, 0.15) is 5.82 Å². The molecule has 0 aliphatic rings. The Hall–Kier alpha value is -1.95. The van der Waals surface area contributed by atoms with Gasteiger partial charge in [-0.2, -0.15) is 0 Å². The number of carbonyl (C=O) groups is 2. The van der Waals surface area contributed by atoms with Gasteiger partial charge in [-0.1, -0.05) is 13.0 Å². The van der Waals surface area contributed by atoms with Gasteiger partial charge >= 0.3 is 5.97 Å². The topological polar surface area (TPSA) is 78.4 Å². The Morgan fingerprint density at radius 2 is 2.00 bits per heavy atom. The predicted molar refractivity (Wildman–Crippen MR) is 69.7 cm³/mol. The van der Waals surface area contributed by atoms with Crippen molar-refractivity contribution in [3.8, 4) is 0 Å². The Morgan fingerprint density at radius 3 is 2.53 bits per heavy atom. The van der Waals surface area contributed by atoms with Crippen molar-refractivity contribution in [2.75, 3.05) is 11.9 Å². The minimum absolute atomic E-state index is 0.277. The quantitative estimate of drug-likeness (QED) is 0.761. The Morgan fingerprint density at radius 1 is 1.37 bits per heavy atom. The van der Waals surface area contributed by atoms with Crippen LogP contribution in [0.1, 0.15) is 31.1 Å². The minimum Gasteiger partial charge on any atom is -0.478 e. The molecule has 0 aromatic heterocycles. The second kappa shape index (κ2) is 5.79. The summed E-state index contributed by atoms with van der Waals surface area (Å²) in [4.78, 5) is 23.0. The summed E-state index contributed by atoms with van der Waals surface area (Å²) < 4.78 is 13.6. The largest absolute Gasteiger partial charge is 0.478 e. The Balaban J connectivity index is 3.06. The molecule has 0 bridgehead atoms. The number of halogens is 1. The fourth-order valence-electron chi connectivity index (χ4n) is 1.62. The minimum atomic E-state index is -1.30. The lowest BCUT2D eigenvalue weighted by Crippen LogP contribution is -2.49. The molecule has 0 atom stereocenters. The molecule has 3 N–H and O–H groups in total. The van der Waals surface area contributed by atoms with Gasteiger partial charge in [-0.3, -0.25) is 4.79 Å². The molecule has 0 saturated heterocycles. The molecule has 5 nitrogen and oxygen atoms in total. The first-order valence-corrected chi connectivity index (χ1v) is 5.88. The number of nitrogens with one attached hydrogen (secondary N) is 2. The summed E-state index contributed by atoms with van der Waals surface area (Å²) in [6, 6.07) is 3.62. The lowest BCUT2D eigenvalue weighted by Gasteiger charge is -2.24. The predicted octanol–water partition coefficient (Wildman–Crippen LogP) is 1.85. The van der Waals surface area contributed by atoms with Crippen LogP contribution in [0.2, 0.25) is 0 Å². The van der Waals surface area contributed by atoms with Gasteiger partial charge in [-0.15, -0.1) is 0 Å². The number of carboxylic acids is 1. The van der Waals surface area contributed by atoms with Crippen molar-refractivity contribution in [3.05, 3.63) is 29.6 Å². The molecule has 1 aromatic carbocycles. The Labute approximate surface area is 110 Å². The smallest absolute Gasteiger partial charge is 0.337 e. The van der Waals surface area contributed by atoms with Gasteiger partial charge in [0.2, 0.25) is 5.91 Å². The summed E-state index contributed by atoms with van der Waals surface area (Å²) in [5, 5.41) is 14.2. The number of rotatable bonds is 5. The molecule has 0 radical (unpaired) electrons. The maximum atomic E-state index is 13.6. The van der Waals surface area contributed by atoms with E-state index in [4.69, 9.17) is 5.11 Å². The normalized spacial score (nSPS) is 11.2. The molecule has 0 aliphatic carbocycles.